The molecule has 0 spiro atoms. The van der Waals surface area contributed by atoms with Gasteiger partial charge in [0.1, 0.15) is 5.75 Å². The Labute approximate surface area is 114 Å². The minimum atomic E-state index is -1.11. The number of methoxy groups -OCH3 is 1. The van der Waals surface area contributed by atoms with E-state index in [1.54, 1.807) is 0 Å². The summed E-state index contributed by atoms with van der Waals surface area (Å²) in [6.07, 6.45) is -0.736. The van der Waals surface area contributed by atoms with Gasteiger partial charge in [0.2, 0.25) is 5.78 Å². The van der Waals surface area contributed by atoms with Crippen molar-refractivity contribution in [1.29, 1.82) is 0 Å². The van der Waals surface area contributed by atoms with Crippen molar-refractivity contribution >= 4 is 17.5 Å². The second-order valence-electron chi connectivity index (χ2n) is 3.78. The van der Waals surface area contributed by atoms with Crippen LogP contribution >= 0.6 is 0 Å². The summed E-state index contributed by atoms with van der Waals surface area (Å²) in [6.45, 7) is 1.56. The van der Waals surface area contributed by atoms with Gasteiger partial charge in [-0.15, -0.1) is 0 Å². The van der Waals surface area contributed by atoms with Gasteiger partial charge >= 0.3 is 5.97 Å². The zero-order chi connectivity index (χ0) is 15.3. The van der Waals surface area contributed by atoms with Crippen LogP contribution in [0, 0.1) is 0 Å². The number of phenolic OH excluding ortho intramolecular Hbond substituents is 2. The molecule has 0 amide bonds. The fraction of sp³-hybridized carbons (Fsp3) is 0.308. The Morgan fingerprint density at radius 3 is 2.35 bits per heavy atom. The van der Waals surface area contributed by atoms with Gasteiger partial charge in [-0.3, -0.25) is 9.59 Å². The van der Waals surface area contributed by atoms with Gasteiger partial charge in [-0.05, 0) is 13.0 Å². The number of Topliss-reactive ketones (excluding diaryl/α,β-unsaturated/α-hetero) is 2. The number of phenols is 2. The molecule has 7 nitrogen and oxygen atoms in total. The molecule has 0 saturated heterocycles. The molecule has 0 bridgehead atoms. The molecule has 0 aliphatic rings. The predicted molar refractivity (Wildman–Crippen MR) is 66.9 cm³/mol. The summed E-state index contributed by atoms with van der Waals surface area (Å²) in [5.74, 6) is -3.79. The molecule has 2 N–H and O–H groups in total. The van der Waals surface area contributed by atoms with Crippen molar-refractivity contribution in [3.8, 4) is 17.2 Å². The Balaban J connectivity index is 2.93. The van der Waals surface area contributed by atoms with Crippen LogP contribution in [0.15, 0.2) is 12.1 Å². The monoisotopic (exact) mass is 282 g/mol. The van der Waals surface area contributed by atoms with E-state index in [0.29, 0.717) is 0 Å². The summed E-state index contributed by atoms with van der Waals surface area (Å²) in [7, 11) is 1.27. The molecule has 1 aromatic carbocycles. The molecule has 0 unspecified atom stereocenters. The number of rotatable bonds is 6. The zero-order valence-corrected chi connectivity index (χ0v) is 11.0. The minimum absolute atomic E-state index is 0.0248. The predicted octanol–water partition coefficient (Wildman–Crippen LogP) is 0.811. The van der Waals surface area contributed by atoms with Gasteiger partial charge in [0.05, 0.1) is 25.7 Å². The molecule has 0 heterocycles. The number of esters is 1. The third-order valence-electron chi connectivity index (χ3n) is 2.42. The van der Waals surface area contributed by atoms with Crippen LogP contribution in [0.1, 0.15) is 23.7 Å². The van der Waals surface area contributed by atoms with Crippen molar-refractivity contribution in [2.45, 2.75) is 13.3 Å². The smallest absolute Gasteiger partial charge is 0.375 e. The van der Waals surface area contributed by atoms with E-state index in [4.69, 9.17) is 4.74 Å². The molecule has 0 aromatic heterocycles. The number of carbonyl (C=O) groups excluding carboxylic acids is 3. The summed E-state index contributed by atoms with van der Waals surface area (Å²) in [6, 6.07) is 2.01. The standard InChI is InChI=1S/C13H14O7/c1-3-20-13(18)11(17)6-9(15)7-4-12(19-2)10(16)5-8(7)14/h4-5,14,16H,3,6H2,1-2H3. The molecule has 0 radical (unpaired) electrons. The first-order valence-corrected chi connectivity index (χ1v) is 5.73. The van der Waals surface area contributed by atoms with Crippen LogP contribution in [0.5, 0.6) is 17.2 Å². The normalized spacial score (nSPS) is 9.90. The van der Waals surface area contributed by atoms with Crippen LogP contribution in [0.4, 0.5) is 0 Å². The third-order valence-corrected chi connectivity index (χ3v) is 2.42. The van der Waals surface area contributed by atoms with E-state index in [1.807, 2.05) is 0 Å². The molecule has 0 saturated carbocycles. The Morgan fingerprint density at radius 2 is 1.80 bits per heavy atom. The SMILES string of the molecule is CCOC(=O)C(=O)CC(=O)c1cc(OC)c(O)cc1O. The van der Waals surface area contributed by atoms with Gasteiger partial charge in [-0.2, -0.15) is 0 Å². The van der Waals surface area contributed by atoms with Crippen molar-refractivity contribution in [2.24, 2.45) is 0 Å². The maximum atomic E-state index is 11.8. The highest BCUT2D eigenvalue weighted by atomic mass is 16.5. The molecule has 1 rings (SSSR count). The van der Waals surface area contributed by atoms with E-state index in [0.717, 1.165) is 12.1 Å². The van der Waals surface area contributed by atoms with E-state index >= 15 is 0 Å². The lowest BCUT2D eigenvalue weighted by atomic mass is 10.0. The Hall–Kier alpha value is -2.57. The van der Waals surface area contributed by atoms with Crippen molar-refractivity contribution in [2.75, 3.05) is 13.7 Å². The molecule has 0 aliphatic carbocycles. The first-order chi connectivity index (χ1) is 9.40. The third kappa shape index (κ3) is 3.47. The average Bonchev–Trinajstić information content (AvgIpc) is 2.38. The maximum Gasteiger partial charge on any atom is 0.375 e. The Kier molecular flexibility index (Phi) is 5.08. The second kappa shape index (κ2) is 6.55. The second-order valence-corrected chi connectivity index (χ2v) is 3.78. The summed E-state index contributed by atoms with van der Waals surface area (Å²) >= 11 is 0. The van der Waals surface area contributed by atoms with Crippen LogP contribution in [-0.2, 0) is 14.3 Å². The molecule has 0 fully saturated rings. The van der Waals surface area contributed by atoms with Crippen LogP contribution in [0.2, 0.25) is 0 Å². The molecule has 1 aromatic rings. The van der Waals surface area contributed by atoms with E-state index in [2.05, 4.69) is 4.74 Å². The van der Waals surface area contributed by atoms with E-state index in [9.17, 15) is 24.6 Å². The number of ether oxygens (including phenoxy) is 2. The van der Waals surface area contributed by atoms with Crippen molar-refractivity contribution in [3.63, 3.8) is 0 Å². The number of hydrogen-bond donors (Lipinski definition) is 2. The van der Waals surface area contributed by atoms with E-state index in [-0.39, 0.29) is 23.7 Å². The fourth-order valence-electron chi connectivity index (χ4n) is 1.47. The molecule has 108 valence electrons. The van der Waals surface area contributed by atoms with Gasteiger partial charge < -0.3 is 19.7 Å². The van der Waals surface area contributed by atoms with Crippen LogP contribution in [0.3, 0.4) is 0 Å². The van der Waals surface area contributed by atoms with E-state index in [1.165, 1.54) is 14.0 Å². The molecule has 20 heavy (non-hydrogen) atoms. The fourth-order valence-corrected chi connectivity index (χ4v) is 1.47. The summed E-state index contributed by atoms with van der Waals surface area (Å²) in [4.78, 5) is 34.4. The summed E-state index contributed by atoms with van der Waals surface area (Å²) < 4.78 is 9.26. The highest BCUT2D eigenvalue weighted by molar-refractivity contribution is 6.38. The molecule has 0 atom stereocenters. The number of carbonyl (C=O) groups is 3. The summed E-state index contributed by atoms with van der Waals surface area (Å²) in [5, 5.41) is 19.0. The lowest BCUT2D eigenvalue weighted by molar-refractivity contribution is -0.153. The van der Waals surface area contributed by atoms with E-state index < -0.39 is 29.7 Å². The van der Waals surface area contributed by atoms with Crippen LogP contribution in [0.25, 0.3) is 0 Å². The highest BCUT2D eigenvalue weighted by Gasteiger charge is 2.23. The quantitative estimate of drug-likeness (QED) is 0.344. The Bertz CT molecular complexity index is 548. The number of ketones is 2. The molecular formula is C13H14O7. The van der Waals surface area contributed by atoms with Crippen LogP contribution < -0.4 is 4.74 Å². The largest absolute Gasteiger partial charge is 0.507 e. The first-order valence-electron chi connectivity index (χ1n) is 5.73. The first kappa shape index (κ1) is 15.5. The number of aromatic hydroxyl groups is 2. The van der Waals surface area contributed by atoms with Gasteiger partial charge in [0.15, 0.2) is 17.3 Å². The van der Waals surface area contributed by atoms with Gasteiger partial charge in [-0.1, -0.05) is 0 Å². The number of benzene rings is 1. The highest BCUT2D eigenvalue weighted by Crippen LogP contribution is 2.33. The van der Waals surface area contributed by atoms with Crippen molar-refractivity contribution in [3.05, 3.63) is 17.7 Å². The van der Waals surface area contributed by atoms with Gasteiger partial charge in [0.25, 0.3) is 0 Å². The molecule has 0 aliphatic heterocycles. The maximum absolute atomic E-state index is 11.8. The topological polar surface area (TPSA) is 110 Å². The number of hydrogen-bond acceptors (Lipinski definition) is 7. The van der Waals surface area contributed by atoms with Crippen molar-refractivity contribution in [1.82, 2.24) is 0 Å². The average molecular weight is 282 g/mol. The van der Waals surface area contributed by atoms with Gasteiger partial charge in [0, 0.05) is 6.07 Å². The zero-order valence-electron chi connectivity index (χ0n) is 11.0. The summed E-state index contributed by atoms with van der Waals surface area (Å²) in [5.41, 5.74) is -0.225. The van der Waals surface area contributed by atoms with Gasteiger partial charge in [-0.25, -0.2) is 4.79 Å². The minimum Gasteiger partial charge on any atom is -0.507 e. The van der Waals surface area contributed by atoms with Crippen LogP contribution in [-0.4, -0.2) is 41.5 Å². The molecular weight excluding hydrogens is 268 g/mol. The van der Waals surface area contributed by atoms with Crippen molar-refractivity contribution < 1.29 is 34.1 Å². The lowest BCUT2D eigenvalue weighted by Crippen LogP contribution is -2.20. The molecule has 7 heteroatoms. The lowest BCUT2D eigenvalue weighted by Gasteiger charge is -2.08. The Morgan fingerprint density at radius 1 is 1.15 bits per heavy atom.